The molecule has 1 amide bonds. The van der Waals surface area contributed by atoms with Gasteiger partial charge in [0.1, 0.15) is 5.75 Å². The number of rotatable bonds is 3. The molecule has 0 aliphatic carbocycles. The second-order valence-electron chi connectivity index (χ2n) is 4.58. The van der Waals surface area contributed by atoms with Crippen molar-refractivity contribution < 1.29 is 9.53 Å². The number of para-hydroxylation sites is 1. The molecule has 3 aromatic rings. The maximum Gasteiger partial charge on any atom is 0.260 e. The van der Waals surface area contributed by atoms with Crippen LogP contribution in [0.2, 0.25) is 0 Å². The molecule has 0 unspecified atom stereocenters. The fourth-order valence-corrected chi connectivity index (χ4v) is 2.10. The third-order valence-corrected chi connectivity index (χ3v) is 3.15. The monoisotopic (exact) mass is 282 g/mol. The second kappa shape index (κ2) is 5.24. The highest BCUT2D eigenvalue weighted by atomic mass is 16.5. The van der Waals surface area contributed by atoms with Gasteiger partial charge < -0.3 is 10.1 Å². The van der Waals surface area contributed by atoms with Gasteiger partial charge in [0.15, 0.2) is 11.5 Å². The number of aryl methyl sites for hydroxylation is 1. The number of H-pyrrole nitrogens is 1. The Bertz CT molecular complexity index is 810. The van der Waals surface area contributed by atoms with Gasteiger partial charge in [0.25, 0.3) is 5.91 Å². The quantitative estimate of drug-likeness (QED) is 0.773. The Kier molecular flexibility index (Phi) is 3.27. The van der Waals surface area contributed by atoms with Crippen molar-refractivity contribution in [2.24, 2.45) is 0 Å². The zero-order chi connectivity index (χ0) is 14.8. The normalized spacial score (nSPS) is 10.6. The average molecular weight is 282 g/mol. The SMILES string of the molecule is COc1ccccc1C(=O)Nc1n[nH]c2nc(C)ccc12. The molecule has 2 heterocycles. The molecule has 3 rings (SSSR count). The van der Waals surface area contributed by atoms with Crippen LogP contribution < -0.4 is 10.1 Å². The maximum absolute atomic E-state index is 12.3. The number of aromatic nitrogens is 3. The Morgan fingerprint density at radius 3 is 2.86 bits per heavy atom. The molecule has 2 aromatic heterocycles. The number of methoxy groups -OCH3 is 1. The molecule has 1 aromatic carbocycles. The Balaban J connectivity index is 1.93. The number of carbonyl (C=O) groups excluding carboxylic acids is 1. The average Bonchev–Trinajstić information content (AvgIpc) is 2.89. The molecule has 0 bridgehead atoms. The van der Waals surface area contributed by atoms with E-state index in [2.05, 4.69) is 20.5 Å². The van der Waals surface area contributed by atoms with Crippen LogP contribution in [0.3, 0.4) is 0 Å². The number of pyridine rings is 1. The Morgan fingerprint density at radius 2 is 2.05 bits per heavy atom. The molecule has 106 valence electrons. The van der Waals surface area contributed by atoms with E-state index in [0.717, 1.165) is 11.1 Å². The number of hydrogen-bond donors (Lipinski definition) is 2. The summed E-state index contributed by atoms with van der Waals surface area (Å²) in [6, 6.07) is 10.8. The predicted octanol–water partition coefficient (Wildman–Crippen LogP) is 2.53. The summed E-state index contributed by atoms with van der Waals surface area (Å²) in [5.41, 5.74) is 1.98. The van der Waals surface area contributed by atoms with Crippen molar-refractivity contribution in [3.05, 3.63) is 47.7 Å². The van der Waals surface area contributed by atoms with Crippen LogP contribution >= 0.6 is 0 Å². The summed E-state index contributed by atoms with van der Waals surface area (Å²) in [4.78, 5) is 16.7. The smallest absolute Gasteiger partial charge is 0.260 e. The van der Waals surface area contributed by atoms with Gasteiger partial charge in [-0.3, -0.25) is 9.89 Å². The summed E-state index contributed by atoms with van der Waals surface area (Å²) < 4.78 is 5.19. The topological polar surface area (TPSA) is 79.9 Å². The molecule has 21 heavy (non-hydrogen) atoms. The molecule has 0 atom stereocenters. The van der Waals surface area contributed by atoms with Gasteiger partial charge in [-0.15, -0.1) is 0 Å². The number of aromatic amines is 1. The molecular weight excluding hydrogens is 268 g/mol. The molecule has 0 aliphatic heterocycles. The molecular formula is C15H14N4O2. The van der Waals surface area contributed by atoms with E-state index in [-0.39, 0.29) is 5.91 Å². The van der Waals surface area contributed by atoms with Gasteiger partial charge in [-0.1, -0.05) is 12.1 Å². The number of hydrogen-bond acceptors (Lipinski definition) is 4. The van der Waals surface area contributed by atoms with Crippen LogP contribution in [0.1, 0.15) is 16.1 Å². The fraction of sp³-hybridized carbons (Fsp3) is 0.133. The summed E-state index contributed by atoms with van der Waals surface area (Å²) in [6.07, 6.45) is 0. The van der Waals surface area contributed by atoms with Crippen LogP contribution in [-0.2, 0) is 0 Å². The first-order chi connectivity index (χ1) is 10.2. The summed E-state index contributed by atoms with van der Waals surface area (Å²) in [5, 5.41) is 10.4. The highest BCUT2D eigenvalue weighted by Crippen LogP contribution is 2.22. The predicted molar refractivity (Wildman–Crippen MR) is 79.6 cm³/mol. The highest BCUT2D eigenvalue weighted by Gasteiger charge is 2.15. The van der Waals surface area contributed by atoms with E-state index < -0.39 is 0 Å². The third kappa shape index (κ3) is 2.43. The van der Waals surface area contributed by atoms with E-state index in [9.17, 15) is 4.79 Å². The second-order valence-corrected chi connectivity index (χ2v) is 4.58. The first-order valence-electron chi connectivity index (χ1n) is 6.45. The van der Waals surface area contributed by atoms with E-state index in [1.165, 1.54) is 7.11 Å². The number of nitrogens with zero attached hydrogens (tertiary/aromatic N) is 2. The minimum atomic E-state index is -0.276. The Labute approximate surface area is 121 Å². The lowest BCUT2D eigenvalue weighted by molar-refractivity contribution is 0.102. The number of nitrogens with one attached hydrogen (secondary N) is 2. The van der Waals surface area contributed by atoms with Crippen molar-refractivity contribution in [3.8, 4) is 5.75 Å². The molecule has 0 saturated heterocycles. The number of fused-ring (bicyclic) bond motifs is 1. The number of anilines is 1. The van der Waals surface area contributed by atoms with E-state index in [1.807, 2.05) is 25.1 Å². The fourth-order valence-electron chi connectivity index (χ4n) is 2.10. The van der Waals surface area contributed by atoms with Crippen molar-refractivity contribution in [2.45, 2.75) is 6.92 Å². The summed E-state index contributed by atoms with van der Waals surface area (Å²) in [5.74, 6) is 0.693. The zero-order valence-electron chi connectivity index (χ0n) is 11.7. The summed E-state index contributed by atoms with van der Waals surface area (Å²) in [7, 11) is 1.53. The van der Waals surface area contributed by atoms with E-state index >= 15 is 0 Å². The molecule has 0 fully saturated rings. The van der Waals surface area contributed by atoms with E-state index in [4.69, 9.17) is 4.74 Å². The lowest BCUT2D eigenvalue weighted by atomic mass is 10.2. The molecule has 2 N–H and O–H groups in total. The largest absolute Gasteiger partial charge is 0.496 e. The minimum Gasteiger partial charge on any atom is -0.496 e. The number of amides is 1. The van der Waals surface area contributed by atoms with Gasteiger partial charge in [0.2, 0.25) is 0 Å². The molecule has 0 spiro atoms. The molecule has 0 saturated carbocycles. The van der Waals surface area contributed by atoms with Crippen molar-refractivity contribution in [2.75, 3.05) is 12.4 Å². The van der Waals surface area contributed by atoms with Crippen LogP contribution in [0.25, 0.3) is 11.0 Å². The standard InChI is InChI=1S/C15H14N4O2/c1-9-7-8-11-13(16-9)18-19-14(11)17-15(20)10-5-3-4-6-12(10)21-2/h3-8H,1-2H3,(H2,16,17,18,19,20). The van der Waals surface area contributed by atoms with Crippen molar-refractivity contribution in [3.63, 3.8) is 0 Å². The summed E-state index contributed by atoms with van der Waals surface area (Å²) in [6.45, 7) is 1.90. The van der Waals surface area contributed by atoms with E-state index in [0.29, 0.717) is 22.8 Å². The van der Waals surface area contributed by atoms with Crippen LogP contribution in [0.4, 0.5) is 5.82 Å². The summed E-state index contributed by atoms with van der Waals surface area (Å²) >= 11 is 0. The molecule has 6 nitrogen and oxygen atoms in total. The first kappa shape index (κ1) is 13.1. The van der Waals surface area contributed by atoms with E-state index in [1.54, 1.807) is 18.2 Å². The van der Waals surface area contributed by atoms with Gasteiger partial charge in [0.05, 0.1) is 18.1 Å². The number of ether oxygens (including phenoxy) is 1. The third-order valence-electron chi connectivity index (χ3n) is 3.15. The minimum absolute atomic E-state index is 0.276. The van der Waals surface area contributed by atoms with Crippen LogP contribution in [-0.4, -0.2) is 28.2 Å². The van der Waals surface area contributed by atoms with Crippen molar-refractivity contribution in [1.82, 2.24) is 15.2 Å². The Morgan fingerprint density at radius 1 is 1.24 bits per heavy atom. The maximum atomic E-state index is 12.3. The zero-order valence-corrected chi connectivity index (χ0v) is 11.7. The van der Waals surface area contributed by atoms with Crippen molar-refractivity contribution in [1.29, 1.82) is 0 Å². The number of benzene rings is 1. The van der Waals surface area contributed by atoms with Gasteiger partial charge in [0, 0.05) is 5.69 Å². The van der Waals surface area contributed by atoms with Crippen molar-refractivity contribution >= 4 is 22.8 Å². The molecule has 0 radical (unpaired) electrons. The molecule has 0 aliphatic rings. The highest BCUT2D eigenvalue weighted by molar-refractivity contribution is 6.08. The Hall–Kier alpha value is -2.89. The van der Waals surface area contributed by atoms with Gasteiger partial charge in [-0.05, 0) is 31.2 Å². The van der Waals surface area contributed by atoms with Crippen LogP contribution in [0, 0.1) is 6.92 Å². The van der Waals surface area contributed by atoms with Crippen LogP contribution in [0.5, 0.6) is 5.75 Å². The van der Waals surface area contributed by atoms with Gasteiger partial charge >= 0.3 is 0 Å². The van der Waals surface area contributed by atoms with Crippen LogP contribution in [0.15, 0.2) is 36.4 Å². The molecule has 6 heteroatoms. The lowest BCUT2D eigenvalue weighted by Crippen LogP contribution is -2.13. The first-order valence-corrected chi connectivity index (χ1v) is 6.45. The number of carbonyl (C=O) groups is 1. The van der Waals surface area contributed by atoms with Gasteiger partial charge in [-0.2, -0.15) is 5.10 Å². The van der Waals surface area contributed by atoms with Gasteiger partial charge in [-0.25, -0.2) is 4.98 Å². The lowest BCUT2D eigenvalue weighted by Gasteiger charge is -2.07.